The lowest BCUT2D eigenvalue weighted by Gasteiger charge is -2.40. The van der Waals surface area contributed by atoms with Crippen molar-refractivity contribution >= 4 is 23.6 Å². The number of carbonyl (C=O) groups excluding carboxylic acids is 4. The second-order valence-corrected chi connectivity index (χ2v) is 12.5. The molecule has 0 unspecified atom stereocenters. The number of amides is 4. The highest BCUT2D eigenvalue weighted by molar-refractivity contribution is 5.88. The average Bonchev–Trinajstić information content (AvgIpc) is 3.49. The zero-order valence-corrected chi connectivity index (χ0v) is 27.8. The molecule has 0 aromatic heterocycles. The molecule has 0 radical (unpaired) electrons. The highest BCUT2D eigenvalue weighted by atomic mass is 16.5. The van der Waals surface area contributed by atoms with Gasteiger partial charge < -0.3 is 36.1 Å². The summed E-state index contributed by atoms with van der Waals surface area (Å²) in [6.45, 7) is 10.2. The summed E-state index contributed by atoms with van der Waals surface area (Å²) in [5.41, 5.74) is 12.7. The molecule has 5 N–H and O–H groups in total. The molecular weight excluding hydrogens is 562 g/mol. The fraction of sp³-hybridized carbons (Fsp3) is 0.697. The van der Waals surface area contributed by atoms with Crippen LogP contribution >= 0.6 is 0 Å². The van der Waals surface area contributed by atoms with Crippen molar-refractivity contribution in [1.29, 1.82) is 0 Å². The fourth-order valence-electron chi connectivity index (χ4n) is 6.20. The van der Waals surface area contributed by atoms with Crippen LogP contribution in [0.2, 0.25) is 0 Å². The van der Waals surface area contributed by atoms with Crippen LogP contribution in [-0.4, -0.2) is 97.6 Å². The molecule has 11 heteroatoms. The van der Waals surface area contributed by atoms with E-state index in [-0.39, 0.29) is 54.5 Å². The summed E-state index contributed by atoms with van der Waals surface area (Å²) in [6, 6.07) is 7.11. The van der Waals surface area contributed by atoms with Crippen LogP contribution in [-0.2, 0) is 35.1 Å². The van der Waals surface area contributed by atoms with Crippen LogP contribution in [0.4, 0.5) is 0 Å². The number of likely N-dealkylation sites (N-methyl/N-ethyl adjacent to an activating group) is 1. The van der Waals surface area contributed by atoms with Gasteiger partial charge in [0.15, 0.2) is 0 Å². The number of hydrogen-bond donors (Lipinski definition) is 3. The van der Waals surface area contributed by atoms with E-state index in [0.717, 1.165) is 18.4 Å². The Hall–Kier alpha value is -3.02. The number of ether oxygens (including phenoxy) is 2. The van der Waals surface area contributed by atoms with E-state index in [0.29, 0.717) is 13.0 Å². The Balaban J connectivity index is 2.20. The van der Waals surface area contributed by atoms with Gasteiger partial charge in [-0.3, -0.25) is 19.2 Å². The summed E-state index contributed by atoms with van der Waals surface area (Å²) in [5.74, 6) is -1.94. The molecular formula is C33H55N5O6. The molecule has 1 heterocycles. The van der Waals surface area contributed by atoms with Gasteiger partial charge in [-0.2, -0.15) is 0 Å². The molecule has 11 nitrogen and oxygen atoms in total. The molecule has 1 saturated heterocycles. The Labute approximate surface area is 263 Å². The second-order valence-electron chi connectivity index (χ2n) is 12.5. The van der Waals surface area contributed by atoms with Crippen molar-refractivity contribution in [3.05, 3.63) is 35.9 Å². The van der Waals surface area contributed by atoms with Crippen molar-refractivity contribution in [3.8, 4) is 0 Å². The standard InChI is InChI=1S/C33H55N5O6/c1-9-21(4)29(37(6)33(42)28(34)20(2)3)26(43-7)19-27(39)38-17-13-16-25(38)30(44-8)22(5)32(41)36-24(31(35)40)18-23-14-11-10-12-15-23/h10-12,14-15,20-22,24-26,28-30H,9,13,16-19,34H2,1-8H3,(H2,35,40)(H,36,41)/t21-,22+,24-,25-,26+,28-,29-,30+/m0/s1. The zero-order chi connectivity index (χ0) is 33.1. The quantitative estimate of drug-likeness (QED) is 0.242. The van der Waals surface area contributed by atoms with Gasteiger partial charge in [-0.15, -0.1) is 0 Å². The minimum atomic E-state index is -0.880. The lowest BCUT2D eigenvalue weighted by molar-refractivity contribution is -0.146. The van der Waals surface area contributed by atoms with Crippen molar-refractivity contribution in [2.75, 3.05) is 27.8 Å². The number of nitrogens with one attached hydrogen (secondary N) is 1. The van der Waals surface area contributed by atoms with Crippen LogP contribution in [0.3, 0.4) is 0 Å². The Morgan fingerprint density at radius 1 is 1.07 bits per heavy atom. The normalized spacial score (nSPS) is 19.9. The SMILES string of the molecule is CC[C@H](C)[C@@H]([C@@H](CC(=O)N1CCC[C@H]1[C@H](OC)[C@@H](C)C(=O)N[C@@H](Cc1ccccc1)C(N)=O)OC)N(C)C(=O)[C@@H](N)C(C)C. The third kappa shape index (κ3) is 9.49. The molecule has 1 aromatic carbocycles. The van der Waals surface area contributed by atoms with E-state index in [9.17, 15) is 19.2 Å². The second kappa shape index (κ2) is 17.5. The largest absolute Gasteiger partial charge is 0.379 e. The van der Waals surface area contributed by atoms with Crippen LogP contribution in [0.1, 0.15) is 65.9 Å². The molecule has 1 aliphatic rings. The van der Waals surface area contributed by atoms with Gasteiger partial charge in [0.2, 0.25) is 23.6 Å². The fourth-order valence-corrected chi connectivity index (χ4v) is 6.20. The highest BCUT2D eigenvalue weighted by Crippen LogP contribution is 2.29. The molecule has 1 aromatic rings. The van der Waals surface area contributed by atoms with Crippen molar-refractivity contribution in [2.24, 2.45) is 29.2 Å². The number of nitrogens with two attached hydrogens (primary N) is 2. The van der Waals surface area contributed by atoms with E-state index in [1.807, 2.05) is 58.0 Å². The first-order valence-electron chi connectivity index (χ1n) is 15.8. The minimum absolute atomic E-state index is 0.0303. The number of likely N-dealkylation sites (tertiary alicyclic amines) is 1. The monoisotopic (exact) mass is 617 g/mol. The lowest BCUT2D eigenvalue weighted by Crippen LogP contribution is -2.56. The summed E-state index contributed by atoms with van der Waals surface area (Å²) < 4.78 is 11.7. The third-order valence-electron chi connectivity index (χ3n) is 9.20. The van der Waals surface area contributed by atoms with Crippen LogP contribution in [0, 0.1) is 17.8 Å². The number of methoxy groups -OCH3 is 2. The molecule has 0 saturated carbocycles. The maximum absolute atomic E-state index is 13.9. The molecule has 0 bridgehead atoms. The topological polar surface area (TPSA) is 157 Å². The lowest BCUT2D eigenvalue weighted by atomic mass is 9.89. The van der Waals surface area contributed by atoms with Gasteiger partial charge in [-0.05, 0) is 30.2 Å². The summed E-state index contributed by atoms with van der Waals surface area (Å²) in [7, 11) is 4.82. The third-order valence-corrected chi connectivity index (χ3v) is 9.20. The minimum Gasteiger partial charge on any atom is -0.379 e. The van der Waals surface area contributed by atoms with Crippen molar-refractivity contribution < 1.29 is 28.7 Å². The van der Waals surface area contributed by atoms with E-state index in [2.05, 4.69) is 5.32 Å². The average molecular weight is 618 g/mol. The Kier molecular flexibility index (Phi) is 14.8. The van der Waals surface area contributed by atoms with Gasteiger partial charge in [0.25, 0.3) is 0 Å². The Bertz CT molecular complexity index is 1090. The number of carbonyl (C=O) groups is 4. The predicted molar refractivity (Wildman–Crippen MR) is 170 cm³/mol. The van der Waals surface area contributed by atoms with E-state index in [4.69, 9.17) is 20.9 Å². The van der Waals surface area contributed by atoms with Gasteiger partial charge in [-0.25, -0.2) is 0 Å². The molecule has 1 aliphatic heterocycles. The predicted octanol–water partition coefficient (Wildman–Crippen LogP) is 2.10. The Morgan fingerprint density at radius 2 is 1.70 bits per heavy atom. The summed E-state index contributed by atoms with van der Waals surface area (Å²) in [4.78, 5) is 56.1. The van der Waals surface area contributed by atoms with Crippen molar-refractivity contribution in [1.82, 2.24) is 15.1 Å². The van der Waals surface area contributed by atoms with Gasteiger partial charge >= 0.3 is 0 Å². The smallest absolute Gasteiger partial charge is 0.240 e. The van der Waals surface area contributed by atoms with Crippen molar-refractivity contribution in [2.45, 2.75) is 103 Å². The molecule has 0 spiro atoms. The molecule has 248 valence electrons. The van der Waals surface area contributed by atoms with Gasteiger partial charge in [-0.1, -0.05) is 71.4 Å². The molecule has 44 heavy (non-hydrogen) atoms. The zero-order valence-electron chi connectivity index (χ0n) is 27.8. The molecule has 4 amide bonds. The number of nitrogens with zero attached hydrogens (tertiary/aromatic N) is 2. The Morgan fingerprint density at radius 3 is 2.23 bits per heavy atom. The maximum atomic E-state index is 13.9. The van der Waals surface area contributed by atoms with E-state index in [1.165, 1.54) is 7.11 Å². The number of hydrogen-bond acceptors (Lipinski definition) is 7. The molecule has 8 atom stereocenters. The van der Waals surface area contributed by atoms with Crippen LogP contribution in [0.15, 0.2) is 30.3 Å². The van der Waals surface area contributed by atoms with Crippen LogP contribution in [0.25, 0.3) is 0 Å². The van der Waals surface area contributed by atoms with Crippen molar-refractivity contribution in [3.63, 3.8) is 0 Å². The van der Waals surface area contributed by atoms with Gasteiger partial charge in [0, 0.05) is 34.2 Å². The first-order chi connectivity index (χ1) is 20.8. The highest BCUT2D eigenvalue weighted by Gasteiger charge is 2.42. The van der Waals surface area contributed by atoms with Crippen LogP contribution < -0.4 is 16.8 Å². The number of primary amides is 1. The van der Waals surface area contributed by atoms with Gasteiger partial charge in [0.1, 0.15) is 6.04 Å². The van der Waals surface area contributed by atoms with Gasteiger partial charge in [0.05, 0.1) is 42.7 Å². The summed E-state index contributed by atoms with van der Waals surface area (Å²) in [6.07, 6.45) is 1.39. The maximum Gasteiger partial charge on any atom is 0.240 e. The van der Waals surface area contributed by atoms with E-state index in [1.54, 1.807) is 30.9 Å². The molecule has 1 fully saturated rings. The van der Waals surface area contributed by atoms with E-state index < -0.39 is 36.1 Å². The molecule has 0 aliphatic carbocycles. The first kappa shape index (κ1) is 37.2. The van der Waals surface area contributed by atoms with E-state index >= 15 is 0 Å². The number of rotatable bonds is 17. The van der Waals surface area contributed by atoms with Crippen LogP contribution in [0.5, 0.6) is 0 Å². The summed E-state index contributed by atoms with van der Waals surface area (Å²) in [5, 5.41) is 2.80. The molecule has 2 rings (SSSR count). The first-order valence-corrected chi connectivity index (χ1v) is 15.8. The summed E-state index contributed by atoms with van der Waals surface area (Å²) >= 11 is 0. The number of benzene rings is 1.